The van der Waals surface area contributed by atoms with Crippen molar-refractivity contribution in [3.05, 3.63) is 22.1 Å². The molecule has 0 atom stereocenters. The Morgan fingerprint density at radius 1 is 1.56 bits per heavy atom. The SMILES string of the molecule is CCN(CC)/C(N)=N/c1nc(C)cc(=O)[nH]1. The molecule has 0 bridgehead atoms. The minimum Gasteiger partial charge on any atom is -0.369 e. The molecule has 0 aliphatic rings. The van der Waals surface area contributed by atoms with Crippen molar-refractivity contribution in [1.29, 1.82) is 0 Å². The Morgan fingerprint density at radius 3 is 2.69 bits per heavy atom. The first-order chi connectivity index (χ1) is 7.56. The van der Waals surface area contributed by atoms with Crippen LogP contribution in [0.5, 0.6) is 0 Å². The highest BCUT2D eigenvalue weighted by Gasteiger charge is 2.03. The zero-order valence-electron chi connectivity index (χ0n) is 9.82. The molecule has 3 N–H and O–H groups in total. The Morgan fingerprint density at radius 2 is 2.19 bits per heavy atom. The van der Waals surface area contributed by atoms with Gasteiger partial charge in [-0.2, -0.15) is 4.99 Å². The van der Waals surface area contributed by atoms with Crippen LogP contribution in [-0.2, 0) is 0 Å². The fourth-order valence-electron chi connectivity index (χ4n) is 1.34. The fourth-order valence-corrected chi connectivity index (χ4v) is 1.34. The van der Waals surface area contributed by atoms with Crippen molar-refractivity contribution in [2.45, 2.75) is 20.8 Å². The van der Waals surface area contributed by atoms with E-state index in [4.69, 9.17) is 5.73 Å². The number of aromatic amines is 1. The third-order valence-corrected chi connectivity index (χ3v) is 2.17. The van der Waals surface area contributed by atoms with Crippen LogP contribution in [0.25, 0.3) is 0 Å². The maximum Gasteiger partial charge on any atom is 0.252 e. The summed E-state index contributed by atoms with van der Waals surface area (Å²) in [7, 11) is 0. The molecule has 0 saturated carbocycles. The van der Waals surface area contributed by atoms with E-state index in [0.717, 1.165) is 13.1 Å². The normalized spacial score (nSPS) is 11.6. The molecule has 0 aromatic carbocycles. The summed E-state index contributed by atoms with van der Waals surface area (Å²) < 4.78 is 0. The van der Waals surface area contributed by atoms with E-state index < -0.39 is 0 Å². The molecule has 0 fully saturated rings. The lowest BCUT2D eigenvalue weighted by Gasteiger charge is -2.18. The van der Waals surface area contributed by atoms with Crippen LogP contribution in [0.2, 0.25) is 0 Å². The lowest BCUT2D eigenvalue weighted by Crippen LogP contribution is -2.36. The highest BCUT2D eigenvalue weighted by Crippen LogP contribution is 2.01. The fraction of sp³-hybridized carbons (Fsp3) is 0.500. The van der Waals surface area contributed by atoms with Gasteiger partial charge in [0.2, 0.25) is 5.95 Å². The average molecular weight is 223 g/mol. The van der Waals surface area contributed by atoms with E-state index in [0.29, 0.717) is 11.7 Å². The first-order valence-electron chi connectivity index (χ1n) is 5.23. The van der Waals surface area contributed by atoms with Crippen LogP contribution in [0, 0.1) is 6.92 Å². The van der Waals surface area contributed by atoms with Gasteiger partial charge in [0.15, 0.2) is 5.96 Å². The molecule has 0 aliphatic heterocycles. The van der Waals surface area contributed by atoms with Gasteiger partial charge in [-0.25, -0.2) is 4.98 Å². The lowest BCUT2D eigenvalue weighted by atomic mass is 10.4. The summed E-state index contributed by atoms with van der Waals surface area (Å²) in [6.07, 6.45) is 0. The van der Waals surface area contributed by atoms with E-state index >= 15 is 0 Å². The number of rotatable bonds is 3. The molecular formula is C10H17N5O. The molecule has 0 spiro atoms. The smallest absolute Gasteiger partial charge is 0.252 e. The van der Waals surface area contributed by atoms with Crippen LogP contribution < -0.4 is 11.3 Å². The largest absolute Gasteiger partial charge is 0.369 e. The van der Waals surface area contributed by atoms with Crippen LogP contribution >= 0.6 is 0 Å². The van der Waals surface area contributed by atoms with E-state index in [1.807, 2.05) is 18.7 Å². The molecule has 1 rings (SSSR count). The molecule has 1 aromatic heterocycles. The first-order valence-corrected chi connectivity index (χ1v) is 5.23. The van der Waals surface area contributed by atoms with E-state index in [1.54, 1.807) is 6.92 Å². The average Bonchev–Trinajstić information content (AvgIpc) is 2.17. The van der Waals surface area contributed by atoms with Gasteiger partial charge in [-0.15, -0.1) is 0 Å². The molecule has 0 radical (unpaired) electrons. The quantitative estimate of drug-likeness (QED) is 0.572. The van der Waals surface area contributed by atoms with E-state index in [9.17, 15) is 4.79 Å². The standard InChI is InChI=1S/C10H17N5O/c1-4-15(5-2)9(11)14-10-12-7(3)6-8(16)13-10/h6H,4-5H2,1-3H3,(H3,11,12,13,14,16). The van der Waals surface area contributed by atoms with Gasteiger partial charge in [0.05, 0.1) is 0 Å². The van der Waals surface area contributed by atoms with Crippen LogP contribution in [-0.4, -0.2) is 33.9 Å². The Labute approximate surface area is 94.2 Å². The second kappa shape index (κ2) is 5.29. The van der Waals surface area contributed by atoms with Gasteiger partial charge in [0.25, 0.3) is 5.56 Å². The number of nitrogens with one attached hydrogen (secondary N) is 1. The van der Waals surface area contributed by atoms with E-state index in [2.05, 4.69) is 15.0 Å². The Kier molecular flexibility index (Phi) is 4.04. The summed E-state index contributed by atoms with van der Waals surface area (Å²) >= 11 is 0. The number of hydrogen-bond donors (Lipinski definition) is 2. The summed E-state index contributed by atoms with van der Waals surface area (Å²) in [5.41, 5.74) is 6.18. The zero-order chi connectivity index (χ0) is 12.1. The van der Waals surface area contributed by atoms with Crippen molar-refractivity contribution in [2.75, 3.05) is 13.1 Å². The van der Waals surface area contributed by atoms with Gasteiger partial charge in [-0.3, -0.25) is 9.78 Å². The number of aromatic nitrogens is 2. The molecular weight excluding hydrogens is 206 g/mol. The van der Waals surface area contributed by atoms with E-state index in [1.165, 1.54) is 6.07 Å². The summed E-state index contributed by atoms with van der Waals surface area (Å²) in [6, 6.07) is 1.41. The number of H-pyrrole nitrogens is 1. The number of aryl methyl sites for hydroxylation is 1. The van der Waals surface area contributed by atoms with Crippen LogP contribution in [0.15, 0.2) is 15.9 Å². The molecule has 0 aliphatic carbocycles. The maximum atomic E-state index is 11.2. The third kappa shape index (κ3) is 3.08. The number of aliphatic imine (C=N–C) groups is 1. The number of guanidine groups is 1. The summed E-state index contributed by atoms with van der Waals surface area (Å²) in [6.45, 7) is 7.24. The van der Waals surface area contributed by atoms with Gasteiger partial charge >= 0.3 is 0 Å². The molecule has 16 heavy (non-hydrogen) atoms. The van der Waals surface area contributed by atoms with Gasteiger partial charge in [0, 0.05) is 24.8 Å². The topological polar surface area (TPSA) is 87.4 Å². The molecule has 1 aromatic rings. The molecule has 1 heterocycles. The van der Waals surface area contributed by atoms with Gasteiger partial charge < -0.3 is 10.6 Å². The predicted molar refractivity (Wildman–Crippen MR) is 63.8 cm³/mol. The van der Waals surface area contributed by atoms with Crippen molar-refractivity contribution in [3.8, 4) is 0 Å². The zero-order valence-corrected chi connectivity index (χ0v) is 9.82. The van der Waals surface area contributed by atoms with Gasteiger partial charge in [0.1, 0.15) is 0 Å². The molecule has 0 unspecified atom stereocenters. The lowest BCUT2D eigenvalue weighted by molar-refractivity contribution is 0.460. The minimum atomic E-state index is -0.224. The highest BCUT2D eigenvalue weighted by atomic mass is 16.1. The third-order valence-electron chi connectivity index (χ3n) is 2.17. The molecule has 6 heteroatoms. The highest BCUT2D eigenvalue weighted by molar-refractivity contribution is 5.80. The van der Waals surface area contributed by atoms with E-state index in [-0.39, 0.29) is 11.5 Å². The Bertz CT molecular complexity index is 433. The summed E-state index contributed by atoms with van der Waals surface area (Å²) in [4.78, 5) is 23.7. The predicted octanol–water partition coefficient (Wildman–Crippen LogP) is 0.366. The van der Waals surface area contributed by atoms with Crippen molar-refractivity contribution in [3.63, 3.8) is 0 Å². The summed E-state index contributed by atoms with van der Waals surface area (Å²) in [5.74, 6) is 0.605. The second-order valence-corrected chi connectivity index (χ2v) is 3.35. The molecule has 88 valence electrons. The maximum absolute atomic E-state index is 11.2. The van der Waals surface area contributed by atoms with Gasteiger partial charge in [-0.1, -0.05) is 0 Å². The van der Waals surface area contributed by atoms with Crippen molar-refractivity contribution in [2.24, 2.45) is 10.7 Å². The van der Waals surface area contributed by atoms with Gasteiger partial charge in [-0.05, 0) is 20.8 Å². The van der Waals surface area contributed by atoms with Crippen molar-refractivity contribution >= 4 is 11.9 Å². The van der Waals surface area contributed by atoms with Crippen molar-refractivity contribution in [1.82, 2.24) is 14.9 Å². The minimum absolute atomic E-state index is 0.224. The van der Waals surface area contributed by atoms with Crippen LogP contribution in [0.3, 0.4) is 0 Å². The van der Waals surface area contributed by atoms with Crippen LogP contribution in [0.1, 0.15) is 19.5 Å². The Balaban J connectivity index is 3.01. The first kappa shape index (κ1) is 12.2. The Hall–Kier alpha value is -1.85. The monoisotopic (exact) mass is 223 g/mol. The van der Waals surface area contributed by atoms with Crippen LogP contribution in [0.4, 0.5) is 5.95 Å². The summed E-state index contributed by atoms with van der Waals surface area (Å²) in [5, 5.41) is 0. The number of nitrogens with two attached hydrogens (primary N) is 1. The molecule has 6 nitrogen and oxygen atoms in total. The number of nitrogens with zero attached hydrogens (tertiary/aromatic N) is 3. The molecule has 0 amide bonds. The second-order valence-electron chi connectivity index (χ2n) is 3.35. The van der Waals surface area contributed by atoms with Crippen molar-refractivity contribution < 1.29 is 0 Å². The number of hydrogen-bond acceptors (Lipinski definition) is 3. The molecule has 0 saturated heterocycles.